The van der Waals surface area contributed by atoms with Crippen molar-refractivity contribution in [2.45, 2.75) is 52.1 Å². The van der Waals surface area contributed by atoms with Crippen molar-refractivity contribution in [2.24, 2.45) is 13.0 Å². The molecule has 0 atom stereocenters. The van der Waals surface area contributed by atoms with E-state index in [1.807, 2.05) is 13.0 Å². The maximum absolute atomic E-state index is 12.9. The monoisotopic (exact) mass is 457 g/mol. The van der Waals surface area contributed by atoms with E-state index in [4.69, 9.17) is 16.3 Å². The van der Waals surface area contributed by atoms with Gasteiger partial charge in [0.25, 0.3) is 5.91 Å². The normalized spacial score (nSPS) is 18.7. The molecule has 9 heteroatoms. The maximum Gasteiger partial charge on any atom is 0.330 e. The number of nitrogens with zero attached hydrogens (tertiary/aromatic N) is 4. The van der Waals surface area contributed by atoms with E-state index in [1.165, 1.54) is 0 Å². The minimum Gasteiger partial charge on any atom is -0.494 e. The van der Waals surface area contributed by atoms with Crippen molar-refractivity contribution in [1.29, 1.82) is 0 Å². The Morgan fingerprint density at radius 1 is 1.25 bits per heavy atom. The van der Waals surface area contributed by atoms with Crippen LogP contribution in [0, 0.1) is 19.8 Å². The quantitative estimate of drug-likeness (QED) is 0.634. The Kier molecular flexibility index (Phi) is 6.24. The first kappa shape index (κ1) is 22.3. The molecule has 0 bridgehead atoms. The number of hydrogen-bond acceptors (Lipinski definition) is 5. The summed E-state index contributed by atoms with van der Waals surface area (Å²) >= 11 is 6.00. The van der Waals surface area contributed by atoms with Crippen LogP contribution in [0.15, 0.2) is 23.1 Å². The van der Waals surface area contributed by atoms with Gasteiger partial charge in [-0.05, 0) is 51.5 Å². The van der Waals surface area contributed by atoms with Crippen LogP contribution >= 0.6 is 11.6 Å². The molecule has 0 saturated heterocycles. The molecule has 0 radical (unpaired) electrons. The van der Waals surface area contributed by atoms with E-state index < -0.39 is 0 Å². The number of aryl methyl sites for hydroxylation is 3. The molecule has 32 heavy (non-hydrogen) atoms. The van der Waals surface area contributed by atoms with Crippen molar-refractivity contribution in [3.63, 3.8) is 0 Å². The van der Waals surface area contributed by atoms with E-state index in [0.29, 0.717) is 40.1 Å². The number of aromatic nitrogens is 4. The zero-order valence-corrected chi connectivity index (χ0v) is 19.6. The van der Waals surface area contributed by atoms with Crippen LogP contribution in [0.1, 0.15) is 47.4 Å². The highest BCUT2D eigenvalue weighted by atomic mass is 35.5. The second-order valence-electron chi connectivity index (χ2n) is 8.57. The number of rotatable bonds is 5. The molecule has 0 aromatic carbocycles. The summed E-state index contributed by atoms with van der Waals surface area (Å²) in [6, 6.07) is 3.61. The van der Waals surface area contributed by atoms with Gasteiger partial charge in [0.15, 0.2) is 5.65 Å². The molecule has 1 fully saturated rings. The molecule has 170 valence electrons. The SMILES string of the molecule is COc1cc(C)nc2c1n(C[C@H]1CC[C@H](NC(=O)c3cc(Cl)cnc3C)CC1)c(=O)n2C. The second kappa shape index (κ2) is 8.94. The molecule has 0 spiro atoms. The van der Waals surface area contributed by atoms with Gasteiger partial charge < -0.3 is 10.1 Å². The van der Waals surface area contributed by atoms with Crippen molar-refractivity contribution in [1.82, 2.24) is 24.4 Å². The van der Waals surface area contributed by atoms with Gasteiger partial charge in [0.05, 0.1) is 23.4 Å². The maximum atomic E-state index is 12.9. The molecular formula is C23H28ClN5O3. The fraction of sp³-hybridized carbons (Fsp3) is 0.478. The van der Waals surface area contributed by atoms with Gasteiger partial charge in [0.2, 0.25) is 0 Å². The Balaban J connectivity index is 1.45. The third-order valence-corrected chi connectivity index (χ3v) is 6.52. The van der Waals surface area contributed by atoms with E-state index in [1.54, 1.807) is 42.5 Å². The Bertz CT molecular complexity index is 1220. The van der Waals surface area contributed by atoms with Crippen molar-refractivity contribution >= 4 is 28.7 Å². The van der Waals surface area contributed by atoms with E-state index >= 15 is 0 Å². The lowest BCUT2D eigenvalue weighted by Gasteiger charge is -2.29. The minimum absolute atomic E-state index is 0.0873. The van der Waals surface area contributed by atoms with Gasteiger partial charge in [0, 0.05) is 37.6 Å². The number of pyridine rings is 2. The largest absolute Gasteiger partial charge is 0.494 e. The molecule has 3 aromatic rings. The van der Waals surface area contributed by atoms with Gasteiger partial charge in [-0.25, -0.2) is 9.78 Å². The van der Waals surface area contributed by atoms with Crippen molar-refractivity contribution in [3.8, 4) is 5.75 Å². The van der Waals surface area contributed by atoms with Crippen LogP contribution in [-0.4, -0.2) is 38.2 Å². The number of carbonyl (C=O) groups excluding carboxylic acids is 1. The molecule has 0 unspecified atom stereocenters. The fourth-order valence-electron chi connectivity index (χ4n) is 4.55. The molecule has 3 heterocycles. The van der Waals surface area contributed by atoms with Crippen LogP contribution in [0.4, 0.5) is 0 Å². The molecule has 1 saturated carbocycles. The number of carbonyl (C=O) groups is 1. The summed E-state index contributed by atoms with van der Waals surface area (Å²) in [5.41, 5.74) is 3.27. The predicted octanol–water partition coefficient (Wildman–Crippen LogP) is 3.40. The zero-order valence-electron chi connectivity index (χ0n) is 18.8. The van der Waals surface area contributed by atoms with Crippen LogP contribution < -0.4 is 15.7 Å². The number of amides is 1. The summed E-state index contributed by atoms with van der Waals surface area (Å²) in [6.07, 6.45) is 5.10. The molecule has 3 aromatic heterocycles. The van der Waals surface area contributed by atoms with E-state index in [9.17, 15) is 9.59 Å². The number of nitrogens with one attached hydrogen (secondary N) is 1. The zero-order chi connectivity index (χ0) is 23.0. The lowest BCUT2D eigenvalue weighted by atomic mass is 9.85. The Labute approximate surface area is 191 Å². The molecule has 1 N–H and O–H groups in total. The Hall–Kier alpha value is -2.87. The standard InChI is InChI=1S/C23H28ClN5O3/c1-13-9-19(32-4)20-21(26-13)28(3)23(31)29(20)12-15-5-7-17(8-6-15)27-22(30)18-10-16(24)11-25-14(18)2/h9-11,15,17H,5-8,12H2,1-4H3,(H,27,30)/t15-,17-. The average molecular weight is 458 g/mol. The molecule has 1 amide bonds. The highest BCUT2D eigenvalue weighted by Crippen LogP contribution is 2.29. The Morgan fingerprint density at radius 3 is 2.66 bits per heavy atom. The molecule has 8 nitrogen and oxygen atoms in total. The van der Waals surface area contributed by atoms with Crippen molar-refractivity contribution in [2.75, 3.05) is 7.11 Å². The van der Waals surface area contributed by atoms with Gasteiger partial charge in [0.1, 0.15) is 11.3 Å². The van der Waals surface area contributed by atoms with Crippen molar-refractivity contribution in [3.05, 3.63) is 50.8 Å². The van der Waals surface area contributed by atoms with Crippen LogP contribution in [-0.2, 0) is 13.6 Å². The van der Waals surface area contributed by atoms with Crippen LogP contribution in [0.2, 0.25) is 5.02 Å². The first-order valence-electron chi connectivity index (χ1n) is 10.8. The second-order valence-corrected chi connectivity index (χ2v) is 9.00. The summed E-state index contributed by atoms with van der Waals surface area (Å²) in [6.45, 7) is 4.30. The van der Waals surface area contributed by atoms with E-state index in [0.717, 1.165) is 36.9 Å². The minimum atomic E-state index is -0.141. The topological polar surface area (TPSA) is 91.0 Å². The van der Waals surface area contributed by atoms with Crippen LogP contribution in [0.25, 0.3) is 11.2 Å². The number of halogens is 1. The lowest BCUT2D eigenvalue weighted by Crippen LogP contribution is -2.39. The van der Waals surface area contributed by atoms with Crippen molar-refractivity contribution < 1.29 is 9.53 Å². The number of hydrogen-bond donors (Lipinski definition) is 1. The molecular weight excluding hydrogens is 430 g/mol. The summed E-state index contributed by atoms with van der Waals surface area (Å²) in [5, 5.41) is 3.57. The molecule has 1 aliphatic rings. The molecule has 0 aliphatic heterocycles. The lowest BCUT2D eigenvalue weighted by molar-refractivity contribution is 0.0919. The van der Waals surface area contributed by atoms with Gasteiger partial charge in [-0.1, -0.05) is 11.6 Å². The first-order valence-corrected chi connectivity index (χ1v) is 11.2. The summed E-state index contributed by atoms with van der Waals surface area (Å²) < 4.78 is 8.92. The average Bonchev–Trinajstić information content (AvgIpc) is 3.00. The molecule has 4 rings (SSSR count). The van der Waals surface area contributed by atoms with E-state index in [-0.39, 0.29) is 17.6 Å². The highest BCUT2D eigenvalue weighted by molar-refractivity contribution is 6.30. The number of fused-ring (bicyclic) bond motifs is 1. The van der Waals surface area contributed by atoms with Crippen LogP contribution in [0.3, 0.4) is 0 Å². The van der Waals surface area contributed by atoms with Gasteiger partial charge in [-0.2, -0.15) is 0 Å². The van der Waals surface area contributed by atoms with E-state index in [2.05, 4.69) is 15.3 Å². The Morgan fingerprint density at radius 2 is 1.97 bits per heavy atom. The smallest absolute Gasteiger partial charge is 0.330 e. The highest BCUT2D eigenvalue weighted by Gasteiger charge is 2.26. The summed E-state index contributed by atoms with van der Waals surface area (Å²) in [4.78, 5) is 34.3. The third-order valence-electron chi connectivity index (χ3n) is 6.31. The summed E-state index contributed by atoms with van der Waals surface area (Å²) in [5.74, 6) is 0.862. The molecule has 1 aliphatic carbocycles. The third kappa shape index (κ3) is 4.24. The van der Waals surface area contributed by atoms with Gasteiger partial charge >= 0.3 is 5.69 Å². The fourth-order valence-corrected chi connectivity index (χ4v) is 4.71. The summed E-state index contributed by atoms with van der Waals surface area (Å²) in [7, 11) is 3.35. The number of imidazole rings is 1. The number of ether oxygens (including phenoxy) is 1. The number of methoxy groups -OCH3 is 1. The van der Waals surface area contributed by atoms with Gasteiger partial charge in [-0.3, -0.25) is 18.9 Å². The first-order chi connectivity index (χ1) is 15.3. The van der Waals surface area contributed by atoms with Gasteiger partial charge in [-0.15, -0.1) is 0 Å². The predicted molar refractivity (Wildman–Crippen MR) is 123 cm³/mol. The van der Waals surface area contributed by atoms with Crippen LogP contribution in [0.5, 0.6) is 5.75 Å².